The van der Waals surface area contributed by atoms with Crippen LogP contribution in [0.2, 0.25) is 0 Å². The Kier molecular flexibility index (Phi) is 2.35. The number of anilines is 1. The van der Waals surface area contributed by atoms with Gasteiger partial charge in [-0.1, -0.05) is 22.8 Å². The average molecular weight is 186 g/mol. The highest BCUT2D eigenvalue weighted by atomic mass is 32.2. The topological polar surface area (TPSA) is 66.1 Å². The number of hydrogen-bond donors (Lipinski definition) is 1. The fourth-order valence-corrected chi connectivity index (χ4v) is 1.32. The van der Waals surface area contributed by atoms with E-state index in [9.17, 15) is 13.0 Å². The van der Waals surface area contributed by atoms with Crippen LogP contribution < -0.4 is 4.72 Å². The van der Waals surface area contributed by atoms with Crippen molar-refractivity contribution >= 4 is 16.0 Å². The van der Waals surface area contributed by atoms with Crippen molar-refractivity contribution < 1.29 is 13.0 Å². The number of para-hydroxylation sites is 1. The van der Waals surface area contributed by atoms with Crippen molar-refractivity contribution in [2.24, 2.45) is 0 Å². The fourth-order valence-electron chi connectivity index (χ4n) is 0.822. The quantitative estimate of drug-likeness (QED) is 0.751. The molecule has 1 radical (unpaired) electrons. The predicted molar refractivity (Wildman–Crippen MR) is 44.4 cm³/mol. The summed E-state index contributed by atoms with van der Waals surface area (Å²) in [6.07, 6.45) is 0. The van der Waals surface area contributed by atoms with Crippen molar-refractivity contribution in [1.29, 1.82) is 0 Å². The monoisotopic (exact) mass is 186 g/mol. The smallest absolute Gasteiger partial charge is 0.259 e. The summed E-state index contributed by atoms with van der Waals surface area (Å²) in [5.74, 6) is 0. The lowest BCUT2D eigenvalue weighted by molar-refractivity contribution is 0.420. The molecule has 5 heteroatoms. The Balaban J connectivity index is 2.98. The lowest BCUT2D eigenvalue weighted by Gasteiger charge is -2.03. The van der Waals surface area contributed by atoms with Crippen LogP contribution in [-0.4, -0.2) is 8.42 Å². The van der Waals surface area contributed by atoms with Gasteiger partial charge in [-0.15, -0.1) is 0 Å². The Morgan fingerprint density at radius 1 is 1.25 bits per heavy atom. The molecule has 1 aromatic carbocycles. The molecule has 0 bridgehead atoms. The second-order valence-corrected chi connectivity index (χ2v) is 3.48. The molecule has 0 aromatic heterocycles. The molecule has 0 heterocycles. The van der Waals surface area contributed by atoms with Crippen LogP contribution in [0.3, 0.4) is 0 Å². The summed E-state index contributed by atoms with van der Waals surface area (Å²) in [7, 11) is -4.40. The summed E-state index contributed by atoms with van der Waals surface area (Å²) in [6, 6.07) is 6.66. The molecular formula is C7H8NO3S. The molecule has 0 aliphatic heterocycles. The number of hydrogen-bond acceptors (Lipinski definition) is 2. The van der Waals surface area contributed by atoms with Crippen LogP contribution in [0.1, 0.15) is 5.56 Å². The number of nitrogens with one attached hydrogen (secondary N) is 1. The van der Waals surface area contributed by atoms with Gasteiger partial charge in [-0.25, -0.2) is 0 Å². The van der Waals surface area contributed by atoms with E-state index in [4.69, 9.17) is 0 Å². The zero-order valence-electron chi connectivity index (χ0n) is 6.44. The summed E-state index contributed by atoms with van der Waals surface area (Å²) in [4.78, 5) is 0. The van der Waals surface area contributed by atoms with Crippen molar-refractivity contribution in [1.82, 2.24) is 0 Å². The van der Waals surface area contributed by atoms with Gasteiger partial charge in [0.2, 0.25) is 0 Å². The summed E-state index contributed by atoms with van der Waals surface area (Å²) < 4.78 is 32.7. The van der Waals surface area contributed by atoms with Gasteiger partial charge >= 0.3 is 10.3 Å². The van der Waals surface area contributed by atoms with Gasteiger partial charge in [0.05, 0.1) is 5.69 Å². The van der Waals surface area contributed by atoms with Crippen LogP contribution in [-0.2, 0) is 14.9 Å². The molecule has 0 amide bonds. The molecule has 12 heavy (non-hydrogen) atoms. The Bertz CT molecular complexity index is 372. The van der Waals surface area contributed by atoms with Crippen LogP contribution in [0.25, 0.3) is 0 Å². The van der Waals surface area contributed by atoms with Crippen molar-refractivity contribution in [3.8, 4) is 0 Å². The maximum Gasteiger partial charge on any atom is 0.387 e. The largest absolute Gasteiger partial charge is 0.387 e. The summed E-state index contributed by atoms with van der Waals surface area (Å²) in [5.41, 5.74) is 1.05. The average Bonchev–Trinajstić information content (AvgIpc) is 1.91. The minimum absolute atomic E-state index is 0.326. The first-order valence-electron chi connectivity index (χ1n) is 3.28. The predicted octanol–water partition coefficient (Wildman–Crippen LogP) is 1.08. The summed E-state index contributed by atoms with van der Waals surface area (Å²) in [5, 5.41) is 0. The fraction of sp³-hybridized carbons (Fsp3) is 0.143. The van der Waals surface area contributed by atoms with Crippen LogP contribution >= 0.6 is 0 Å². The Morgan fingerprint density at radius 2 is 1.83 bits per heavy atom. The lowest BCUT2D eigenvalue weighted by Crippen LogP contribution is -2.09. The van der Waals surface area contributed by atoms with E-state index in [1.54, 1.807) is 25.1 Å². The molecule has 0 spiro atoms. The summed E-state index contributed by atoms with van der Waals surface area (Å²) >= 11 is 0. The van der Waals surface area contributed by atoms with Crippen LogP contribution in [0.4, 0.5) is 5.69 Å². The first-order chi connectivity index (χ1) is 5.49. The molecule has 0 atom stereocenters. The van der Waals surface area contributed by atoms with Crippen molar-refractivity contribution in [2.45, 2.75) is 6.92 Å². The van der Waals surface area contributed by atoms with Crippen molar-refractivity contribution in [3.05, 3.63) is 29.8 Å². The Hall–Kier alpha value is -1.07. The third-order valence-corrected chi connectivity index (χ3v) is 1.85. The second kappa shape index (κ2) is 3.12. The molecule has 1 N–H and O–H groups in total. The zero-order chi connectivity index (χ0) is 9.19. The van der Waals surface area contributed by atoms with E-state index in [1.165, 1.54) is 6.07 Å². The molecule has 1 rings (SSSR count). The van der Waals surface area contributed by atoms with Gasteiger partial charge in [-0.05, 0) is 18.6 Å². The normalized spacial score (nSPS) is 11.2. The second-order valence-electron chi connectivity index (χ2n) is 2.37. The molecule has 0 aliphatic carbocycles. The van der Waals surface area contributed by atoms with Gasteiger partial charge in [0.25, 0.3) is 0 Å². The van der Waals surface area contributed by atoms with Gasteiger partial charge in [-0.2, -0.15) is 8.42 Å². The van der Waals surface area contributed by atoms with Gasteiger partial charge in [0, 0.05) is 0 Å². The van der Waals surface area contributed by atoms with Crippen LogP contribution in [0.15, 0.2) is 24.3 Å². The highest BCUT2D eigenvalue weighted by Gasteiger charge is 2.06. The van der Waals surface area contributed by atoms with E-state index in [0.717, 1.165) is 5.56 Å². The maximum absolute atomic E-state index is 10.3. The molecule has 0 aliphatic rings. The third kappa shape index (κ3) is 2.52. The molecular weight excluding hydrogens is 178 g/mol. The molecule has 4 nitrogen and oxygen atoms in total. The minimum Gasteiger partial charge on any atom is -0.259 e. The minimum atomic E-state index is -4.40. The van der Waals surface area contributed by atoms with Crippen molar-refractivity contribution in [3.63, 3.8) is 0 Å². The Morgan fingerprint density at radius 3 is 2.33 bits per heavy atom. The van der Waals surface area contributed by atoms with Gasteiger partial charge in [0.1, 0.15) is 0 Å². The summed E-state index contributed by atoms with van der Waals surface area (Å²) in [6.45, 7) is 1.72. The van der Waals surface area contributed by atoms with Crippen LogP contribution in [0.5, 0.6) is 0 Å². The van der Waals surface area contributed by atoms with Gasteiger partial charge in [0.15, 0.2) is 0 Å². The number of benzene rings is 1. The van der Waals surface area contributed by atoms with Gasteiger partial charge in [-0.3, -0.25) is 4.72 Å². The highest BCUT2D eigenvalue weighted by Crippen LogP contribution is 2.13. The van der Waals surface area contributed by atoms with E-state index in [1.807, 2.05) is 4.72 Å². The van der Waals surface area contributed by atoms with Crippen molar-refractivity contribution in [2.75, 3.05) is 4.72 Å². The number of rotatable bonds is 2. The third-order valence-electron chi connectivity index (χ3n) is 1.38. The first kappa shape index (κ1) is 9.02. The zero-order valence-corrected chi connectivity index (χ0v) is 7.26. The molecule has 0 saturated carbocycles. The SMILES string of the molecule is Cc1ccccc1NS([O])(=O)=O. The van der Waals surface area contributed by atoms with E-state index in [0.29, 0.717) is 5.69 Å². The standard InChI is InChI=1S/C7H8NO3S/c1-6-4-2-3-5-7(6)8-12(9,10)11/h2-5,8H,1H3. The molecule has 1 aromatic rings. The molecule has 0 fully saturated rings. The van der Waals surface area contributed by atoms with Gasteiger partial charge < -0.3 is 0 Å². The van der Waals surface area contributed by atoms with E-state index < -0.39 is 10.3 Å². The first-order valence-corrected chi connectivity index (χ1v) is 4.69. The molecule has 0 unspecified atom stereocenters. The maximum atomic E-state index is 10.3. The number of aryl methyl sites for hydroxylation is 1. The Labute approximate surface area is 71.1 Å². The van der Waals surface area contributed by atoms with E-state index in [2.05, 4.69) is 0 Å². The lowest BCUT2D eigenvalue weighted by atomic mass is 10.2. The van der Waals surface area contributed by atoms with E-state index >= 15 is 0 Å². The van der Waals surface area contributed by atoms with Crippen LogP contribution in [0, 0.1) is 6.92 Å². The van der Waals surface area contributed by atoms with E-state index in [-0.39, 0.29) is 0 Å². The molecule has 65 valence electrons. The highest BCUT2D eigenvalue weighted by molar-refractivity contribution is 7.86. The molecule has 0 saturated heterocycles.